The molecule has 2 bridgehead atoms. The lowest BCUT2D eigenvalue weighted by Gasteiger charge is -2.49. The van der Waals surface area contributed by atoms with Crippen molar-refractivity contribution in [3.05, 3.63) is 59.5 Å². The zero-order valence-corrected chi connectivity index (χ0v) is 21.9. The van der Waals surface area contributed by atoms with Crippen LogP contribution in [-0.4, -0.2) is 53.9 Å². The predicted molar refractivity (Wildman–Crippen MR) is 139 cm³/mol. The van der Waals surface area contributed by atoms with Gasteiger partial charge in [0.2, 0.25) is 10.0 Å². The Labute approximate surface area is 212 Å². The van der Waals surface area contributed by atoms with Gasteiger partial charge < -0.3 is 0 Å². The predicted octanol–water partition coefficient (Wildman–Crippen LogP) is 4.66. The third kappa shape index (κ3) is 5.18. The Hall–Kier alpha value is -2.20. The fourth-order valence-corrected chi connectivity index (χ4v) is 7.71. The van der Waals surface area contributed by atoms with Crippen molar-refractivity contribution in [3.8, 4) is 11.4 Å². The van der Waals surface area contributed by atoms with Crippen molar-refractivity contribution in [3.63, 3.8) is 0 Å². The molecular weight excluding hydrogens is 478 g/mol. The van der Waals surface area contributed by atoms with Crippen LogP contribution in [0.4, 0.5) is 0 Å². The highest BCUT2D eigenvalue weighted by atomic mass is 32.2. The highest BCUT2D eigenvalue weighted by Crippen LogP contribution is 2.42. The monoisotopic (exact) mass is 511 g/mol. The van der Waals surface area contributed by atoms with Gasteiger partial charge >= 0.3 is 0 Å². The van der Waals surface area contributed by atoms with Crippen molar-refractivity contribution in [1.29, 1.82) is 0 Å². The fourth-order valence-electron chi connectivity index (χ4n) is 5.60. The topological polar surface area (TPSA) is 88.1 Å². The molecule has 3 aliphatic heterocycles. The van der Waals surface area contributed by atoms with E-state index in [-0.39, 0.29) is 6.04 Å². The number of pyridine rings is 1. The number of nitrogens with zero attached hydrogens (tertiary/aromatic N) is 4. The van der Waals surface area contributed by atoms with Gasteiger partial charge in [0.25, 0.3) is 0 Å². The van der Waals surface area contributed by atoms with Gasteiger partial charge in [-0.1, -0.05) is 19.9 Å². The van der Waals surface area contributed by atoms with Crippen LogP contribution in [0.3, 0.4) is 0 Å². The first-order valence-corrected chi connectivity index (χ1v) is 14.9. The first kappa shape index (κ1) is 24.5. The van der Waals surface area contributed by atoms with E-state index in [4.69, 9.17) is 9.97 Å². The molecule has 6 heterocycles. The lowest BCUT2D eigenvalue weighted by Crippen LogP contribution is -2.56. The number of sulfonamides is 1. The minimum Gasteiger partial charge on any atom is -0.298 e. The van der Waals surface area contributed by atoms with E-state index in [0.717, 1.165) is 61.5 Å². The molecule has 0 aliphatic carbocycles. The molecule has 6 rings (SSSR count). The van der Waals surface area contributed by atoms with Gasteiger partial charge in [0, 0.05) is 60.3 Å². The maximum absolute atomic E-state index is 12.6. The van der Waals surface area contributed by atoms with Crippen molar-refractivity contribution in [2.45, 2.75) is 61.6 Å². The van der Waals surface area contributed by atoms with Crippen molar-refractivity contribution in [2.24, 2.45) is 5.92 Å². The van der Waals surface area contributed by atoms with Crippen molar-refractivity contribution in [2.75, 3.05) is 19.6 Å². The number of fused-ring (bicyclic) bond motifs is 3. The average Bonchev–Trinajstić information content (AvgIpc) is 3.45. The molecule has 0 radical (unpaired) electrons. The minimum atomic E-state index is -3.44. The van der Waals surface area contributed by atoms with Gasteiger partial charge in [0.15, 0.2) is 5.82 Å². The van der Waals surface area contributed by atoms with Crippen LogP contribution in [0.25, 0.3) is 11.4 Å². The Morgan fingerprint density at radius 3 is 2.63 bits per heavy atom. The lowest BCUT2D eigenvalue weighted by atomic mass is 9.74. The highest BCUT2D eigenvalue weighted by molar-refractivity contribution is 7.91. The molecule has 0 spiro atoms. The normalized spacial score (nSPS) is 24.2. The molecule has 0 amide bonds. The van der Waals surface area contributed by atoms with E-state index in [1.165, 1.54) is 11.3 Å². The van der Waals surface area contributed by atoms with Crippen LogP contribution in [0.5, 0.6) is 0 Å². The Morgan fingerprint density at radius 2 is 1.97 bits per heavy atom. The average molecular weight is 512 g/mol. The molecular formula is C26H33N5O2S2. The van der Waals surface area contributed by atoms with Crippen LogP contribution in [0.1, 0.15) is 62.8 Å². The van der Waals surface area contributed by atoms with Gasteiger partial charge in [0.05, 0.1) is 0 Å². The summed E-state index contributed by atoms with van der Waals surface area (Å²) >= 11 is 1.25. The second-order valence-electron chi connectivity index (χ2n) is 9.61. The van der Waals surface area contributed by atoms with Crippen LogP contribution >= 0.6 is 11.3 Å². The third-order valence-electron chi connectivity index (χ3n) is 7.64. The first-order valence-electron chi connectivity index (χ1n) is 12.5. The summed E-state index contributed by atoms with van der Waals surface area (Å²) in [4.78, 5) is 16.6. The molecule has 3 aromatic rings. The standard InChI is InChI=1S/C26H33N5O2S2/c1-3-18(4-2)23-15-24(30-26(29-23)19-7-10-27-11-8-19)22-17-31-12-9-20(22)14-21(31)16-28-35(32,33)25-6-5-13-34-25/h5-8,10-11,13,15,18,20-22,28H,3-4,9,12,14,16-17H2,1-2H3. The van der Waals surface area contributed by atoms with Gasteiger partial charge in [-0.2, -0.15) is 0 Å². The number of hydrogen-bond acceptors (Lipinski definition) is 7. The van der Waals surface area contributed by atoms with Crippen LogP contribution in [0.15, 0.2) is 52.3 Å². The fraction of sp³-hybridized carbons (Fsp3) is 0.500. The van der Waals surface area contributed by atoms with Gasteiger partial charge in [-0.05, 0) is 67.8 Å². The summed E-state index contributed by atoms with van der Waals surface area (Å²) in [7, 11) is -3.44. The minimum absolute atomic E-state index is 0.222. The molecule has 4 unspecified atom stereocenters. The number of piperidine rings is 3. The van der Waals surface area contributed by atoms with E-state index in [2.05, 4.69) is 34.5 Å². The molecule has 0 saturated carbocycles. The number of nitrogens with one attached hydrogen (secondary N) is 1. The molecule has 4 atom stereocenters. The maximum atomic E-state index is 12.6. The van der Waals surface area contributed by atoms with E-state index < -0.39 is 10.0 Å². The molecule has 3 aliphatic rings. The second kappa shape index (κ2) is 10.4. The quantitative estimate of drug-likeness (QED) is 0.450. The number of hydrogen-bond donors (Lipinski definition) is 1. The van der Waals surface area contributed by atoms with E-state index in [9.17, 15) is 8.42 Å². The summed E-state index contributed by atoms with van der Waals surface area (Å²) in [6.07, 6.45) is 7.78. The molecule has 0 aromatic carbocycles. The Morgan fingerprint density at radius 1 is 1.17 bits per heavy atom. The van der Waals surface area contributed by atoms with Crippen LogP contribution in [0, 0.1) is 5.92 Å². The van der Waals surface area contributed by atoms with Gasteiger partial charge in [-0.15, -0.1) is 11.3 Å². The Balaban J connectivity index is 1.37. The SMILES string of the molecule is CCC(CC)c1cc(C2CN3CCC2CC3CNS(=O)(=O)c2cccs2)nc(-c2ccncc2)n1. The molecule has 3 saturated heterocycles. The largest absolute Gasteiger partial charge is 0.298 e. The smallest absolute Gasteiger partial charge is 0.250 e. The molecule has 3 fully saturated rings. The first-order chi connectivity index (χ1) is 17.0. The summed E-state index contributed by atoms with van der Waals surface area (Å²) in [5.41, 5.74) is 3.25. The highest BCUT2D eigenvalue weighted by Gasteiger charge is 2.42. The van der Waals surface area contributed by atoms with E-state index >= 15 is 0 Å². The van der Waals surface area contributed by atoms with Crippen molar-refractivity contribution in [1.82, 2.24) is 24.6 Å². The van der Waals surface area contributed by atoms with Gasteiger partial charge in [-0.25, -0.2) is 23.1 Å². The molecule has 1 N–H and O–H groups in total. The Bertz CT molecular complexity index is 1230. The van der Waals surface area contributed by atoms with E-state index in [0.29, 0.717) is 28.5 Å². The summed E-state index contributed by atoms with van der Waals surface area (Å²) in [5.74, 6) is 2.03. The molecule has 186 valence electrons. The molecule has 7 nitrogen and oxygen atoms in total. The summed E-state index contributed by atoms with van der Waals surface area (Å²) < 4.78 is 28.5. The van der Waals surface area contributed by atoms with Crippen molar-refractivity contribution < 1.29 is 8.42 Å². The molecule has 3 aromatic heterocycles. The van der Waals surface area contributed by atoms with Crippen LogP contribution < -0.4 is 4.72 Å². The van der Waals surface area contributed by atoms with Crippen LogP contribution in [0.2, 0.25) is 0 Å². The summed E-state index contributed by atoms with van der Waals surface area (Å²) in [6.45, 7) is 6.81. The molecule has 9 heteroatoms. The third-order valence-corrected chi connectivity index (χ3v) is 10.5. The van der Waals surface area contributed by atoms with Gasteiger partial charge in [0.1, 0.15) is 4.21 Å². The second-order valence-corrected chi connectivity index (χ2v) is 12.6. The summed E-state index contributed by atoms with van der Waals surface area (Å²) in [6, 6.07) is 9.84. The molecule has 35 heavy (non-hydrogen) atoms. The summed E-state index contributed by atoms with van der Waals surface area (Å²) in [5, 5.41) is 1.79. The van der Waals surface area contributed by atoms with Gasteiger partial charge in [-0.3, -0.25) is 9.88 Å². The number of thiophene rings is 1. The maximum Gasteiger partial charge on any atom is 0.250 e. The zero-order valence-electron chi connectivity index (χ0n) is 20.3. The van der Waals surface area contributed by atoms with Crippen molar-refractivity contribution >= 4 is 21.4 Å². The van der Waals surface area contributed by atoms with Crippen LogP contribution in [-0.2, 0) is 10.0 Å². The lowest BCUT2D eigenvalue weighted by molar-refractivity contribution is 0.0317. The Kier molecular flexibility index (Phi) is 7.29. The number of rotatable bonds is 9. The van der Waals surface area contributed by atoms with E-state index in [1.807, 2.05) is 12.1 Å². The number of aromatic nitrogens is 3. The van der Waals surface area contributed by atoms with E-state index in [1.54, 1.807) is 29.9 Å². The zero-order chi connectivity index (χ0) is 24.4.